The molecule has 94 valence electrons. The van der Waals surface area contributed by atoms with E-state index < -0.39 is 0 Å². The van der Waals surface area contributed by atoms with Crippen molar-refractivity contribution in [3.63, 3.8) is 0 Å². The summed E-state index contributed by atoms with van der Waals surface area (Å²) >= 11 is 0. The van der Waals surface area contributed by atoms with Gasteiger partial charge in [0.05, 0.1) is 5.52 Å². The Morgan fingerprint density at radius 3 is 2.94 bits per heavy atom. The van der Waals surface area contributed by atoms with Gasteiger partial charge in [-0.25, -0.2) is 0 Å². The summed E-state index contributed by atoms with van der Waals surface area (Å²) in [4.78, 5) is 4.62. The zero-order chi connectivity index (χ0) is 12.4. The highest BCUT2D eigenvalue weighted by Gasteiger charge is 2.14. The first-order valence-electron chi connectivity index (χ1n) is 7.03. The van der Waals surface area contributed by atoms with Gasteiger partial charge < -0.3 is 5.32 Å². The fraction of sp³-hybridized carbons (Fsp3) is 0.438. The number of nitrogens with one attached hydrogen (secondary N) is 1. The molecule has 1 aromatic carbocycles. The number of aryl methyl sites for hydroxylation is 2. The first-order chi connectivity index (χ1) is 8.90. The maximum Gasteiger partial charge on any atom is 0.0757 e. The van der Waals surface area contributed by atoms with E-state index in [1.54, 1.807) is 0 Å². The number of fused-ring (bicyclic) bond motifs is 3. The first kappa shape index (κ1) is 11.5. The lowest BCUT2D eigenvalue weighted by Crippen LogP contribution is -2.06. The van der Waals surface area contributed by atoms with Gasteiger partial charge in [-0.15, -0.1) is 0 Å². The lowest BCUT2D eigenvalue weighted by molar-refractivity contribution is 0.689. The average Bonchev–Trinajstić information content (AvgIpc) is 2.44. The fourth-order valence-corrected chi connectivity index (χ4v) is 2.86. The number of aromatic nitrogens is 1. The Bertz CT molecular complexity index is 560. The summed E-state index contributed by atoms with van der Waals surface area (Å²) in [5.74, 6) is 0. The summed E-state index contributed by atoms with van der Waals surface area (Å²) < 4.78 is 0. The molecule has 1 heterocycles. The molecular weight excluding hydrogens is 220 g/mol. The van der Waals surface area contributed by atoms with Crippen LogP contribution in [0.1, 0.15) is 37.3 Å². The van der Waals surface area contributed by atoms with Crippen LogP contribution < -0.4 is 5.32 Å². The van der Waals surface area contributed by atoms with Crippen molar-refractivity contribution in [2.24, 2.45) is 0 Å². The van der Waals surface area contributed by atoms with Gasteiger partial charge in [-0.05, 0) is 49.3 Å². The Hall–Kier alpha value is -1.57. The van der Waals surface area contributed by atoms with Crippen LogP contribution in [0, 0.1) is 0 Å². The van der Waals surface area contributed by atoms with Gasteiger partial charge in [-0.2, -0.15) is 0 Å². The van der Waals surface area contributed by atoms with Crippen molar-refractivity contribution in [1.29, 1.82) is 0 Å². The third-order valence-corrected chi connectivity index (χ3v) is 3.80. The molecule has 0 fully saturated rings. The number of nitrogens with zero attached hydrogens (tertiary/aromatic N) is 1. The van der Waals surface area contributed by atoms with Gasteiger partial charge in [0, 0.05) is 23.8 Å². The molecule has 1 N–H and O–H groups in total. The predicted octanol–water partition coefficient (Wildman–Crippen LogP) is 3.94. The zero-order valence-corrected chi connectivity index (χ0v) is 11.0. The third-order valence-electron chi connectivity index (χ3n) is 3.80. The molecule has 2 aromatic rings. The molecule has 0 bridgehead atoms. The minimum absolute atomic E-state index is 1.02. The van der Waals surface area contributed by atoms with Crippen LogP contribution in [-0.4, -0.2) is 11.5 Å². The lowest BCUT2D eigenvalue weighted by atomic mass is 9.89. The van der Waals surface area contributed by atoms with Crippen LogP contribution in [0.15, 0.2) is 24.4 Å². The Labute approximate surface area is 108 Å². The van der Waals surface area contributed by atoms with E-state index in [4.69, 9.17) is 0 Å². The van der Waals surface area contributed by atoms with Crippen molar-refractivity contribution in [1.82, 2.24) is 4.98 Å². The largest absolute Gasteiger partial charge is 0.384 e. The number of rotatable bonds is 3. The highest BCUT2D eigenvalue weighted by molar-refractivity contribution is 5.93. The van der Waals surface area contributed by atoms with Crippen LogP contribution in [0.2, 0.25) is 0 Å². The minimum atomic E-state index is 1.02. The van der Waals surface area contributed by atoms with Crippen LogP contribution in [0.25, 0.3) is 10.9 Å². The summed E-state index contributed by atoms with van der Waals surface area (Å²) in [7, 11) is 0. The maximum atomic E-state index is 4.62. The van der Waals surface area contributed by atoms with E-state index in [2.05, 4.69) is 35.4 Å². The van der Waals surface area contributed by atoms with Crippen LogP contribution in [0.3, 0.4) is 0 Å². The second-order valence-corrected chi connectivity index (χ2v) is 5.09. The lowest BCUT2D eigenvalue weighted by Gasteiger charge is -2.18. The Morgan fingerprint density at radius 1 is 1.17 bits per heavy atom. The molecule has 0 atom stereocenters. The normalized spacial score (nSPS) is 14.5. The van der Waals surface area contributed by atoms with E-state index in [0.29, 0.717) is 0 Å². The Kier molecular flexibility index (Phi) is 3.18. The van der Waals surface area contributed by atoms with Crippen LogP contribution in [0.5, 0.6) is 0 Å². The van der Waals surface area contributed by atoms with E-state index in [-0.39, 0.29) is 0 Å². The molecule has 2 heteroatoms. The van der Waals surface area contributed by atoms with Crippen molar-refractivity contribution < 1.29 is 0 Å². The molecule has 0 amide bonds. The number of anilines is 1. The van der Waals surface area contributed by atoms with Crippen molar-refractivity contribution in [3.8, 4) is 0 Å². The third kappa shape index (κ3) is 1.96. The molecule has 1 aliphatic carbocycles. The monoisotopic (exact) mass is 240 g/mol. The minimum Gasteiger partial charge on any atom is -0.384 e. The van der Waals surface area contributed by atoms with Crippen molar-refractivity contribution >= 4 is 16.6 Å². The topological polar surface area (TPSA) is 24.9 Å². The predicted molar refractivity (Wildman–Crippen MR) is 77.2 cm³/mol. The van der Waals surface area contributed by atoms with Crippen LogP contribution >= 0.6 is 0 Å². The molecule has 0 radical (unpaired) electrons. The van der Waals surface area contributed by atoms with E-state index >= 15 is 0 Å². The van der Waals surface area contributed by atoms with Gasteiger partial charge in [0.1, 0.15) is 0 Å². The molecule has 1 aromatic heterocycles. The number of pyridine rings is 1. The van der Waals surface area contributed by atoms with Gasteiger partial charge in [-0.1, -0.05) is 19.1 Å². The Morgan fingerprint density at radius 2 is 2.06 bits per heavy atom. The first-order valence-corrected chi connectivity index (χ1v) is 7.03. The molecule has 2 nitrogen and oxygen atoms in total. The SMILES string of the molecule is CCCNc1ccnc2c3c(ccc12)CCCC3. The number of hydrogen-bond donors (Lipinski definition) is 1. The number of hydrogen-bond acceptors (Lipinski definition) is 2. The van der Waals surface area contributed by atoms with E-state index in [1.807, 2.05) is 6.20 Å². The highest BCUT2D eigenvalue weighted by Crippen LogP contribution is 2.31. The summed E-state index contributed by atoms with van der Waals surface area (Å²) in [5, 5.41) is 4.79. The molecule has 3 rings (SSSR count). The van der Waals surface area contributed by atoms with Crippen molar-refractivity contribution in [3.05, 3.63) is 35.5 Å². The average molecular weight is 240 g/mol. The highest BCUT2D eigenvalue weighted by atomic mass is 14.9. The molecule has 0 saturated heterocycles. The molecule has 0 spiro atoms. The van der Waals surface area contributed by atoms with Crippen LogP contribution in [0.4, 0.5) is 5.69 Å². The second-order valence-electron chi connectivity index (χ2n) is 5.09. The van der Waals surface area contributed by atoms with Gasteiger partial charge in [0.2, 0.25) is 0 Å². The van der Waals surface area contributed by atoms with E-state index in [1.165, 1.54) is 53.4 Å². The summed E-state index contributed by atoms with van der Waals surface area (Å²) in [6.45, 7) is 3.22. The molecule has 0 unspecified atom stereocenters. The summed E-state index contributed by atoms with van der Waals surface area (Å²) in [6, 6.07) is 6.63. The quantitative estimate of drug-likeness (QED) is 0.879. The maximum absolute atomic E-state index is 4.62. The molecular formula is C16H20N2. The molecule has 0 aliphatic heterocycles. The van der Waals surface area contributed by atoms with Crippen LogP contribution in [-0.2, 0) is 12.8 Å². The van der Waals surface area contributed by atoms with Gasteiger partial charge >= 0.3 is 0 Å². The molecule has 1 aliphatic rings. The second kappa shape index (κ2) is 4.97. The summed E-state index contributed by atoms with van der Waals surface area (Å²) in [6.07, 6.45) is 8.13. The Balaban J connectivity index is 2.12. The standard InChI is InChI=1S/C16H20N2/c1-2-10-17-15-9-11-18-16-13-6-4-3-5-12(13)7-8-14(15)16/h7-9,11H,2-6,10H2,1H3,(H,17,18). The summed E-state index contributed by atoms with van der Waals surface area (Å²) in [5.41, 5.74) is 5.44. The van der Waals surface area contributed by atoms with E-state index in [0.717, 1.165) is 13.0 Å². The molecule has 18 heavy (non-hydrogen) atoms. The van der Waals surface area contributed by atoms with Gasteiger partial charge in [0.25, 0.3) is 0 Å². The smallest absolute Gasteiger partial charge is 0.0757 e. The van der Waals surface area contributed by atoms with Crippen molar-refractivity contribution in [2.75, 3.05) is 11.9 Å². The zero-order valence-electron chi connectivity index (χ0n) is 11.0. The number of benzene rings is 1. The van der Waals surface area contributed by atoms with Crippen molar-refractivity contribution in [2.45, 2.75) is 39.0 Å². The fourth-order valence-electron chi connectivity index (χ4n) is 2.86. The van der Waals surface area contributed by atoms with Gasteiger partial charge in [-0.3, -0.25) is 4.98 Å². The van der Waals surface area contributed by atoms with Gasteiger partial charge in [0.15, 0.2) is 0 Å². The molecule has 0 saturated carbocycles. The van der Waals surface area contributed by atoms with E-state index in [9.17, 15) is 0 Å².